The molecular formula is C52H105NO4. The Morgan fingerprint density at radius 2 is 0.596 bits per heavy atom. The van der Waals surface area contributed by atoms with Gasteiger partial charge in [0, 0.05) is 0 Å². The Hall–Kier alpha value is -0.650. The minimum absolute atomic E-state index is 0.0430. The molecule has 1 amide bonds. The van der Waals surface area contributed by atoms with Crippen LogP contribution in [0.15, 0.2) is 0 Å². The number of nitrogens with one attached hydrogen (secondary N) is 1. The van der Waals surface area contributed by atoms with Crippen LogP contribution in [-0.4, -0.2) is 46.1 Å². The van der Waals surface area contributed by atoms with Gasteiger partial charge in [-0.05, 0) is 12.8 Å². The SMILES string of the molecule is CCCCCCCCCCCCCCCCCCCCCCCCCCCCCCCCC(O)CC(=O)NC(CO)C(O)CCCCCCCCCCCCCC. The fraction of sp³-hybridized carbons (Fsp3) is 0.981. The molecule has 0 spiro atoms. The number of aliphatic hydroxyl groups is 3. The number of carbonyl (C=O) groups is 1. The quantitative estimate of drug-likeness (QED) is 0.0461. The van der Waals surface area contributed by atoms with Crippen molar-refractivity contribution in [2.45, 2.75) is 321 Å². The molecule has 0 aromatic heterocycles. The standard InChI is InChI=1S/C52H105NO4/c1-3-5-7-9-11-13-15-17-18-19-20-21-22-23-24-25-26-27-28-29-30-31-32-33-34-35-37-39-41-43-45-49(55)47-52(57)53-50(48-54)51(56)46-44-42-40-38-36-16-14-12-10-8-6-4-2/h49-51,54-56H,3-48H2,1-2H3,(H,53,57). The number of hydrogen-bond acceptors (Lipinski definition) is 4. The molecule has 0 rings (SSSR count). The van der Waals surface area contributed by atoms with Crippen LogP contribution in [0.2, 0.25) is 0 Å². The van der Waals surface area contributed by atoms with Gasteiger partial charge in [-0.25, -0.2) is 0 Å². The number of rotatable bonds is 49. The zero-order chi connectivity index (χ0) is 41.5. The lowest BCUT2D eigenvalue weighted by atomic mass is 10.0. The average Bonchev–Trinajstić information content (AvgIpc) is 3.20. The molecule has 0 saturated heterocycles. The lowest BCUT2D eigenvalue weighted by Crippen LogP contribution is -2.46. The van der Waals surface area contributed by atoms with E-state index in [0.717, 1.165) is 25.7 Å². The summed E-state index contributed by atoms with van der Waals surface area (Å²) in [5.74, 6) is -0.277. The van der Waals surface area contributed by atoms with Crippen LogP contribution >= 0.6 is 0 Å². The summed E-state index contributed by atoms with van der Waals surface area (Å²) in [5.41, 5.74) is 0. The van der Waals surface area contributed by atoms with Crippen molar-refractivity contribution >= 4 is 5.91 Å². The predicted molar refractivity (Wildman–Crippen MR) is 250 cm³/mol. The van der Waals surface area contributed by atoms with E-state index in [-0.39, 0.29) is 18.9 Å². The molecule has 0 aliphatic rings. The van der Waals surface area contributed by atoms with E-state index in [4.69, 9.17) is 0 Å². The Kier molecular flexibility index (Phi) is 47.5. The first-order chi connectivity index (χ1) is 28.0. The van der Waals surface area contributed by atoms with Crippen molar-refractivity contribution in [2.24, 2.45) is 0 Å². The predicted octanol–water partition coefficient (Wildman–Crippen LogP) is 15.8. The summed E-state index contributed by atoms with van der Waals surface area (Å²) < 4.78 is 0. The first-order valence-corrected chi connectivity index (χ1v) is 26.3. The normalized spacial score (nSPS) is 13.3. The van der Waals surface area contributed by atoms with Crippen molar-refractivity contribution < 1.29 is 20.1 Å². The van der Waals surface area contributed by atoms with Crippen molar-refractivity contribution in [2.75, 3.05) is 6.61 Å². The smallest absolute Gasteiger partial charge is 0.222 e. The number of unbranched alkanes of at least 4 members (excludes halogenated alkanes) is 40. The van der Waals surface area contributed by atoms with Gasteiger partial charge in [-0.3, -0.25) is 4.79 Å². The molecule has 0 saturated carbocycles. The summed E-state index contributed by atoms with van der Waals surface area (Å²) >= 11 is 0. The van der Waals surface area contributed by atoms with Gasteiger partial charge in [0.2, 0.25) is 5.91 Å². The topological polar surface area (TPSA) is 89.8 Å². The summed E-state index contributed by atoms with van der Waals surface area (Å²) in [6.07, 6.45) is 56.9. The number of hydrogen-bond donors (Lipinski definition) is 4. The largest absolute Gasteiger partial charge is 0.394 e. The molecule has 0 bridgehead atoms. The van der Waals surface area contributed by atoms with Gasteiger partial charge in [0.25, 0.3) is 0 Å². The molecule has 0 aliphatic heterocycles. The third-order valence-electron chi connectivity index (χ3n) is 12.7. The van der Waals surface area contributed by atoms with Crippen LogP contribution in [0.4, 0.5) is 0 Å². The van der Waals surface area contributed by atoms with Gasteiger partial charge < -0.3 is 20.6 Å². The third kappa shape index (κ3) is 44.7. The van der Waals surface area contributed by atoms with Gasteiger partial charge in [0.15, 0.2) is 0 Å². The Morgan fingerprint density at radius 3 is 0.842 bits per heavy atom. The first kappa shape index (κ1) is 56.4. The van der Waals surface area contributed by atoms with Crippen LogP contribution in [0.5, 0.6) is 0 Å². The van der Waals surface area contributed by atoms with E-state index < -0.39 is 18.2 Å². The number of aliphatic hydroxyl groups excluding tert-OH is 3. The van der Waals surface area contributed by atoms with Crippen LogP contribution in [-0.2, 0) is 4.79 Å². The maximum Gasteiger partial charge on any atom is 0.222 e. The average molecular weight is 808 g/mol. The molecule has 5 heteroatoms. The Balaban J connectivity index is 3.43. The van der Waals surface area contributed by atoms with Gasteiger partial charge in [0.1, 0.15) is 0 Å². The van der Waals surface area contributed by atoms with E-state index >= 15 is 0 Å². The summed E-state index contributed by atoms with van der Waals surface area (Å²) in [5, 5.41) is 33.4. The van der Waals surface area contributed by atoms with Gasteiger partial charge >= 0.3 is 0 Å². The van der Waals surface area contributed by atoms with E-state index in [0.29, 0.717) is 12.8 Å². The fourth-order valence-electron chi connectivity index (χ4n) is 8.64. The molecule has 0 aromatic carbocycles. The molecule has 3 unspecified atom stereocenters. The van der Waals surface area contributed by atoms with Crippen LogP contribution in [0.25, 0.3) is 0 Å². The lowest BCUT2D eigenvalue weighted by Gasteiger charge is -2.23. The second kappa shape index (κ2) is 48.0. The molecule has 5 nitrogen and oxygen atoms in total. The second-order valence-corrected chi connectivity index (χ2v) is 18.5. The van der Waals surface area contributed by atoms with Crippen molar-refractivity contribution in [3.8, 4) is 0 Å². The Bertz CT molecular complexity index is 762. The van der Waals surface area contributed by atoms with Crippen molar-refractivity contribution in [1.82, 2.24) is 5.32 Å². The van der Waals surface area contributed by atoms with Gasteiger partial charge in [-0.1, -0.05) is 284 Å². The Labute approximate surface area is 357 Å². The summed E-state index contributed by atoms with van der Waals surface area (Å²) in [6, 6.07) is -0.652. The molecule has 0 aliphatic carbocycles. The monoisotopic (exact) mass is 808 g/mol. The lowest BCUT2D eigenvalue weighted by molar-refractivity contribution is -0.125. The minimum Gasteiger partial charge on any atom is -0.394 e. The van der Waals surface area contributed by atoms with Crippen LogP contribution in [0.1, 0.15) is 303 Å². The molecule has 4 N–H and O–H groups in total. The molecule has 342 valence electrons. The summed E-state index contributed by atoms with van der Waals surface area (Å²) in [7, 11) is 0. The second-order valence-electron chi connectivity index (χ2n) is 18.5. The van der Waals surface area contributed by atoms with Crippen LogP contribution in [0.3, 0.4) is 0 Å². The van der Waals surface area contributed by atoms with Crippen LogP contribution < -0.4 is 5.32 Å². The number of amides is 1. The first-order valence-electron chi connectivity index (χ1n) is 26.3. The molecule has 0 aromatic rings. The van der Waals surface area contributed by atoms with Crippen molar-refractivity contribution in [3.63, 3.8) is 0 Å². The molecule has 0 fully saturated rings. The molecular weight excluding hydrogens is 703 g/mol. The minimum atomic E-state index is -0.743. The zero-order valence-corrected chi connectivity index (χ0v) is 39.0. The van der Waals surface area contributed by atoms with Gasteiger partial charge in [0.05, 0.1) is 31.3 Å². The highest BCUT2D eigenvalue weighted by Gasteiger charge is 2.21. The zero-order valence-electron chi connectivity index (χ0n) is 39.0. The van der Waals surface area contributed by atoms with Crippen LogP contribution in [0, 0.1) is 0 Å². The molecule has 0 heterocycles. The highest BCUT2D eigenvalue weighted by molar-refractivity contribution is 5.76. The highest BCUT2D eigenvalue weighted by atomic mass is 16.3. The molecule has 3 atom stereocenters. The highest BCUT2D eigenvalue weighted by Crippen LogP contribution is 2.18. The van der Waals surface area contributed by atoms with Crippen molar-refractivity contribution in [3.05, 3.63) is 0 Å². The fourth-order valence-corrected chi connectivity index (χ4v) is 8.64. The maximum absolute atomic E-state index is 12.5. The van der Waals surface area contributed by atoms with Crippen molar-refractivity contribution in [1.29, 1.82) is 0 Å². The summed E-state index contributed by atoms with van der Waals surface area (Å²) in [6.45, 7) is 4.28. The van der Waals surface area contributed by atoms with E-state index in [1.807, 2.05) is 0 Å². The maximum atomic E-state index is 12.5. The molecule has 0 radical (unpaired) electrons. The van der Waals surface area contributed by atoms with E-state index in [1.165, 1.54) is 244 Å². The molecule has 57 heavy (non-hydrogen) atoms. The van der Waals surface area contributed by atoms with Gasteiger partial charge in [-0.2, -0.15) is 0 Å². The van der Waals surface area contributed by atoms with E-state index in [9.17, 15) is 20.1 Å². The van der Waals surface area contributed by atoms with E-state index in [1.54, 1.807) is 0 Å². The number of carbonyl (C=O) groups excluding carboxylic acids is 1. The Morgan fingerprint density at radius 1 is 0.368 bits per heavy atom. The van der Waals surface area contributed by atoms with Gasteiger partial charge in [-0.15, -0.1) is 0 Å². The summed E-state index contributed by atoms with van der Waals surface area (Å²) in [4.78, 5) is 12.5. The van der Waals surface area contributed by atoms with E-state index in [2.05, 4.69) is 19.2 Å². The third-order valence-corrected chi connectivity index (χ3v) is 12.7.